The number of rotatable bonds is 9. The number of benzene rings is 2. The van der Waals surface area contributed by atoms with E-state index < -0.39 is 6.04 Å². The van der Waals surface area contributed by atoms with Crippen LogP contribution in [0, 0.1) is 12.8 Å². The van der Waals surface area contributed by atoms with Crippen molar-refractivity contribution >= 4 is 11.8 Å². The average molecular weight is 438 g/mol. The fourth-order valence-corrected chi connectivity index (χ4v) is 4.23. The van der Waals surface area contributed by atoms with E-state index in [2.05, 4.69) is 27.7 Å². The van der Waals surface area contributed by atoms with Crippen molar-refractivity contribution < 1.29 is 14.3 Å². The van der Waals surface area contributed by atoms with E-state index in [1.54, 1.807) is 13.2 Å². The lowest BCUT2D eigenvalue weighted by Crippen LogP contribution is -2.51. The highest BCUT2D eigenvalue weighted by Crippen LogP contribution is 2.26. The van der Waals surface area contributed by atoms with Gasteiger partial charge in [-0.25, -0.2) is 0 Å². The predicted octanol–water partition coefficient (Wildman–Crippen LogP) is 3.71. The molecule has 0 aliphatic carbocycles. The molecule has 0 saturated carbocycles. The first-order chi connectivity index (χ1) is 15.4. The number of nitrogens with one attached hydrogen (secondary N) is 2. The highest BCUT2D eigenvalue weighted by molar-refractivity contribution is 5.98. The van der Waals surface area contributed by atoms with Crippen LogP contribution in [0.15, 0.2) is 48.5 Å². The quantitative estimate of drug-likeness (QED) is 0.627. The summed E-state index contributed by atoms with van der Waals surface area (Å²) in [5, 5.41) is 6.05. The molecule has 1 saturated heterocycles. The Kier molecular flexibility index (Phi) is 8.28. The first kappa shape index (κ1) is 23.8. The minimum atomic E-state index is -0.600. The molecule has 2 unspecified atom stereocenters. The van der Waals surface area contributed by atoms with Gasteiger partial charge in [0.05, 0.1) is 13.2 Å². The van der Waals surface area contributed by atoms with Crippen molar-refractivity contribution in [3.05, 3.63) is 65.2 Å². The van der Waals surface area contributed by atoms with Crippen molar-refractivity contribution in [2.75, 3.05) is 26.7 Å². The molecule has 2 atom stereocenters. The highest BCUT2D eigenvalue weighted by Gasteiger charge is 2.28. The van der Waals surface area contributed by atoms with Gasteiger partial charge in [0, 0.05) is 12.1 Å². The monoisotopic (exact) mass is 437 g/mol. The van der Waals surface area contributed by atoms with Gasteiger partial charge in [0.2, 0.25) is 5.91 Å². The fourth-order valence-electron chi connectivity index (χ4n) is 4.23. The molecule has 32 heavy (non-hydrogen) atoms. The number of hydrogen-bond acceptors (Lipinski definition) is 4. The summed E-state index contributed by atoms with van der Waals surface area (Å²) >= 11 is 0. The number of methoxy groups -OCH3 is 1. The number of hydrogen-bond donors (Lipinski definition) is 2. The van der Waals surface area contributed by atoms with Crippen LogP contribution in [0.1, 0.15) is 54.2 Å². The van der Waals surface area contributed by atoms with Crippen molar-refractivity contribution in [3.63, 3.8) is 0 Å². The zero-order chi connectivity index (χ0) is 23.1. The number of carbonyl (C=O) groups excluding carboxylic acids is 2. The molecule has 2 aromatic rings. The second kappa shape index (κ2) is 11.1. The van der Waals surface area contributed by atoms with Crippen LogP contribution in [0.5, 0.6) is 5.75 Å². The summed E-state index contributed by atoms with van der Waals surface area (Å²) in [6, 6.07) is 14.9. The molecular formula is C26H35N3O3. The molecule has 1 fully saturated rings. The molecule has 1 aliphatic heterocycles. The molecule has 3 rings (SSSR count). The Bertz CT molecular complexity index is 905. The molecular weight excluding hydrogens is 402 g/mol. The summed E-state index contributed by atoms with van der Waals surface area (Å²) in [4.78, 5) is 28.3. The van der Waals surface area contributed by atoms with E-state index >= 15 is 0 Å². The van der Waals surface area contributed by atoms with Gasteiger partial charge >= 0.3 is 0 Å². The number of nitrogens with zero attached hydrogens (tertiary/aromatic N) is 1. The molecule has 2 amide bonds. The van der Waals surface area contributed by atoms with Crippen LogP contribution < -0.4 is 15.4 Å². The van der Waals surface area contributed by atoms with Gasteiger partial charge in [-0.2, -0.15) is 0 Å². The van der Waals surface area contributed by atoms with E-state index in [9.17, 15) is 9.59 Å². The van der Waals surface area contributed by atoms with Crippen LogP contribution in [-0.2, 0) is 4.79 Å². The first-order valence-corrected chi connectivity index (χ1v) is 11.4. The summed E-state index contributed by atoms with van der Waals surface area (Å²) in [6.45, 7) is 8.32. The Morgan fingerprint density at radius 2 is 1.69 bits per heavy atom. The lowest BCUT2D eigenvalue weighted by Gasteiger charge is -2.30. The Balaban J connectivity index is 1.69. The maximum absolute atomic E-state index is 13.1. The number of likely N-dealkylation sites (tertiary alicyclic amines) is 1. The smallest absolute Gasteiger partial charge is 0.252 e. The molecule has 0 spiro atoms. The second-order valence-corrected chi connectivity index (χ2v) is 8.79. The van der Waals surface area contributed by atoms with Crippen molar-refractivity contribution in [1.82, 2.24) is 15.5 Å². The summed E-state index contributed by atoms with van der Waals surface area (Å²) in [5.74, 6) is 0.411. The van der Waals surface area contributed by atoms with Crippen LogP contribution in [-0.4, -0.2) is 49.5 Å². The maximum atomic E-state index is 13.1. The summed E-state index contributed by atoms with van der Waals surface area (Å²) in [5.41, 5.74) is 2.64. The molecule has 2 N–H and O–H groups in total. The topological polar surface area (TPSA) is 70.7 Å². The minimum Gasteiger partial charge on any atom is -0.497 e. The third-order valence-corrected chi connectivity index (χ3v) is 6.18. The summed E-state index contributed by atoms with van der Waals surface area (Å²) in [6.07, 6.45) is 2.34. The minimum absolute atomic E-state index is 0.0332. The maximum Gasteiger partial charge on any atom is 0.252 e. The zero-order valence-electron chi connectivity index (χ0n) is 19.6. The average Bonchev–Trinajstić information content (AvgIpc) is 3.32. The Morgan fingerprint density at radius 1 is 1.03 bits per heavy atom. The summed E-state index contributed by atoms with van der Waals surface area (Å²) in [7, 11) is 1.66. The van der Waals surface area contributed by atoms with E-state index in [-0.39, 0.29) is 23.8 Å². The van der Waals surface area contributed by atoms with Gasteiger partial charge in [-0.1, -0.05) is 44.2 Å². The molecule has 2 aromatic carbocycles. The van der Waals surface area contributed by atoms with Crippen molar-refractivity contribution in [1.29, 1.82) is 0 Å². The lowest BCUT2D eigenvalue weighted by molar-refractivity contribution is -0.124. The van der Waals surface area contributed by atoms with Gasteiger partial charge in [-0.05, 0) is 68.1 Å². The van der Waals surface area contributed by atoms with Crippen LogP contribution in [0.25, 0.3) is 0 Å². The highest BCUT2D eigenvalue weighted by atomic mass is 16.5. The molecule has 6 nitrogen and oxygen atoms in total. The molecule has 1 heterocycles. The third kappa shape index (κ3) is 5.88. The lowest BCUT2D eigenvalue weighted by atomic mass is 10.0. The molecule has 1 aliphatic rings. The molecule has 172 valence electrons. The molecule has 0 aromatic heterocycles. The Morgan fingerprint density at radius 3 is 2.28 bits per heavy atom. The van der Waals surface area contributed by atoms with Crippen molar-refractivity contribution in [3.8, 4) is 5.75 Å². The van der Waals surface area contributed by atoms with E-state index in [4.69, 9.17) is 4.74 Å². The van der Waals surface area contributed by atoms with Crippen LogP contribution >= 0.6 is 0 Å². The van der Waals surface area contributed by atoms with E-state index in [0.29, 0.717) is 12.1 Å². The standard InChI is InChI=1S/C26H35N3O3/c1-18(2)24(28-25(30)22-10-6-5-9-19(22)3)26(31)27-17-23(29-15-7-8-16-29)20-11-13-21(32-4)14-12-20/h5-6,9-14,18,23-24H,7-8,15-17H2,1-4H3,(H,27,31)(H,28,30). The van der Waals surface area contributed by atoms with E-state index in [1.807, 2.05) is 51.1 Å². The SMILES string of the molecule is COc1ccc(C(CNC(=O)C(NC(=O)c2ccccc2C)C(C)C)N2CCCC2)cc1. The molecule has 0 bridgehead atoms. The number of carbonyl (C=O) groups is 2. The van der Waals surface area contributed by atoms with Crippen molar-refractivity contribution in [2.24, 2.45) is 5.92 Å². The van der Waals surface area contributed by atoms with Gasteiger partial charge in [0.15, 0.2) is 0 Å². The second-order valence-electron chi connectivity index (χ2n) is 8.79. The van der Waals surface area contributed by atoms with E-state index in [1.165, 1.54) is 12.8 Å². The van der Waals surface area contributed by atoms with Gasteiger partial charge in [-0.15, -0.1) is 0 Å². The Labute approximate surface area is 191 Å². The van der Waals surface area contributed by atoms with Gasteiger partial charge in [0.1, 0.15) is 11.8 Å². The predicted molar refractivity (Wildman–Crippen MR) is 127 cm³/mol. The normalized spacial score (nSPS) is 15.9. The van der Waals surface area contributed by atoms with Crippen LogP contribution in [0.2, 0.25) is 0 Å². The number of amides is 2. The van der Waals surface area contributed by atoms with Crippen LogP contribution in [0.3, 0.4) is 0 Å². The molecule has 0 radical (unpaired) electrons. The van der Waals surface area contributed by atoms with Crippen molar-refractivity contribution in [2.45, 2.75) is 45.7 Å². The summed E-state index contributed by atoms with van der Waals surface area (Å²) < 4.78 is 5.29. The molecule has 6 heteroatoms. The van der Waals surface area contributed by atoms with Crippen LogP contribution in [0.4, 0.5) is 0 Å². The zero-order valence-corrected chi connectivity index (χ0v) is 19.6. The van der Waals surface area contributed by atoms with Gasteiger partial charge < -0.3 is 15.4 Å². The third-order valence-electron chi connectivity index (χ3n) is 6.18. The first-order valence-electron chi connectivity index (χ1n) is 11.4. The van der Waals surface area contributed by atoms with Gasteiger partial charge in [0.25, 0.3) is 5.91 Å². The van der Waals surface area contributed by atoms with Gasteiger partial charge in [-0.3, -0.25) is 14.5 Å². The largest absolute Gasteiger partial charge is 0.497 e. The number of aryl methyl sites for hydroxylation is 1. The fraction of sp³-hybridized carbons (Fsp3) is 0.462. The van der Waals surface area contributed by atoms with E-state index in [0.717, 1.165) is 30.0 Å². The Hall–Kier alpha value is -2.86. The number of ether oxygens (including phenoxy) is 1.